The van der Waals surface area contributed by atoms with Crippen LogP contribution in [-0.4, -0.2) is 10.8 Å². The maximum absolute atomic E-state index is 7.47. The molecule has 2 rings (SSSR count). The Morgan fingerprint density at radius 3 is 2.53 bits per heavy atom. The third kappa shape index (κ3) is 2.60. The van der Waals surface area contributed by atoms with Gasteiger partial charge in [-0.25, -0.2) is 4.98 Å². The summed E-state index contributed by atoms with van der Waals surface area (Å²) in [4.78, 5) is 4.25. The van der Waals surface area contributed by atoms with Gasteiger partial charge in [0.05, 0.1) is 5.56 Å². The van der Waals surface area contributed by atoms with E-state index < -0.39 is 0 Å². The van der Waals surface area contributed by atoms with Crippen molar-refractivity contribution >= 4 is 5.84 Å². The lowest BCUT2D eigenvalue weighted by Gasteiger charge is -2.09. The minimum absolute atomic E-state index is 0.0524. The fourth-order valence-corrected chi connectivity index (χ4v) is 1.42. The molecule has 4 nitrogen and oxygen atoms in total. The first-order valence-corrected chi connectivity index (χ1v) is 5.22. The van der Waals surface area contributed by atoms with Gasteiger partial charge in [-0.05, 0) is 31.2 Å². The number of hydrogen-bond acceptors (Lipinski definition) is 3. The normalized spacial score (nSPS) is 9.94. The topological polar surface area (TPSA) is 72.0 Å². The minimum Gasteiger partial charge on any atom is -0.438 e. The summed E-state index contributed by atoms with van der Waals surface area (Å²) < 4.78 is 5.62. The van der Waals surface area contributed by atoms with E-state index in [9.17, 15) is 0 Å². The van der Waals surface area contributed by atoms with Crippen molar-refractivity contribution in [2.75, 3.05) is 0 Å². The van der Waals surface area contributed by atoms with Crippen LogP contribution in [0.4, 0.5) is 0 Å². The van der Waals surface area contributed by atoms with Crippen molar-refractivity contribution in [3.05, 3.63) is 53.7 Å². The molecule has 0 saturated carbocycles. The molecule has 0 amide bonds. The van der Waals surface area contributed by atoms with E-state index in [-0.39, 0.29) is 5.84 Å². The molecule has 0 bridgehead atoms. The van der Waals surface area contributed by atoms with Gasteiger partial charge >= 0.3 is 0 Å². The molecule has 3 N–H and O–H groups in total. The Morgan fingerprint density at radius 1 is 1.18 bits per heavy atom. The second kappa shape index (κ2) is 4.65. The van der Waals surface area contributed by atoms with Gasteiger partial charge in [-0.1, -0.05) is 18.2 Å². The van der Waals surface area contributed by atoms with E-state index in [4.69, 9.17) is 15.9 Å². The number of nitrogens with one attached hydrogen (secondary N) is 1. The molecule has 0 aliphatic carbocycles. The highest BCUT2D eigenvalue weighted by Gasteiger charge is 2.09. The first kappa shape index (κ1) is 11.1. The van der Waals surface area contributed by atoms with E-state index in [1.165, 1.54) is 0 Å². The van der Waals surface area contributed by atoms with Crippen LogP contribution >= 0.6 is 0 Å². The number of hydrogen-bond donors (Lipinski definition) is 2. The van der Waals surface area contributed by atoms with E-state index in [1.54, 1.807) is 12.1 Å². The van der Waals surface area contributed by atoms with Gasteiger partial charge in [0.1, 0.15) is 11.6 Å². The van der Waals surface area contributed by atoms with Gasteiger partial charge in [0.25, 0.3) is 0 Å². The zero-order chi connectivity index (χ0) is 12.3. The van der Waals surface area contributed by atoms with Gasteiger partial charge in [-0.3, -0.25) is 5.41 Å². The standard InChI is InChI=1S/C13H13N3O/c1-9-7-8-11(12(14)15)13(16-9)17-10-5-3-2-4-6-10/h2-8H,1H3,(H3,14,15). The Hall–Kier alpha value is -2.36. The van der Waals surface area contributed by atoms with Gasteiger partial charge in [0, 0.05) is 5.69 Å². The molecular weight excluding hydrogens is 214 g/mol. The molecule has 17 heavy (non-hydrogen) atoms. The number of benzene rings is 1. The van der Waals surface area contributed by atoms with E-state index in [0.29, 0.717) is 17.2 Å². The highest BCUT2D eigenvalue weighted by atomic mass is 16.5. The van der Waals surface area contributed by atoms with Gasteiger partial charge in [0.2, 0.25) is 5.88 Å². The molecule has 4 heteroatoms. The number of rotatable bonds is 3. The largest absolute Gasteiger partial charge is 0.438 e. The van der Waals surface area contributed by atoms with Crippen molar-refractivity contribution in [3.63, 3.8) is 0 Å². The summed E-state index contributed by atoms with van der Waals surface area (Å²) in [6, 6.07) is 12.8. The van der Waals surface area contributed by atoms with Crippen LogP contribution in [0.5, 0.6) is 11.6 Å². The lowest BCUT2D eigenvalue weighted by molar-refractivity contribution is 0.460. The summed E-state index contributed by atoms with van der Waals surface area (Å²) in [7, 11) is 0. The molecule has 0 unspecified atom stereocenters. The van der Waals surface area contributed by atoms with Crippen molar-refractivity contribution in [3.8, 4) is 11.6 Å². The first-order chi connectivity index (χ1) is 8.16. The van der Waals surface area contributed by atoms with E-state index in [0.717, 1.165) is 5.69 Å². The van der Waals surface area contributed by atoms with Crippen LogP contribution in [0.1, 0.15) is 11.3 Å². The molecule has 0 radical (unpaired) electrons. The van der Waals surface area contributed by atoms with Gasteiger partial charge in [-0.2, -0.15) is 0 Å². The molecular formula is C13H13N3O. The average molecular weight is 227 g/mol. The van der Waals surface area contributed by atoms with Gasteiger partial charge in [0.15, 0.2) is 0 Å². The third-order valence-electron chi connectivity index (χ3n) is 2.25. The SMILES string of the molecule is Cc1ccc(C(=N)N)c(Oc2ccccc2)n1. The van der Waals surface area contributed by atoms with Crippen LogP contribution in [0.2, 0.25) is 0 Å². The minimum atomic E-state index is -0.0524. The van der Waals surface area contributed by atoms with Crippen LogP contribution < -0.4 is 10.5 Å². The Kier molecular flexibility index (Phi) is 3.05. The zero-order valence-corrected chi connectivity index (χ0v) is 9.47. The average Bonchev–Trinajstić information content (AvgIpc) is 2.30. The Balaban J connectivity index is 2.37. The fourth-order valence-electron chi connectivity index (χ4n) is 1.42. The number of nitrogen functional groups attached to an aromatic ring is 1. The molecule has 2 aromatic rings. The van der Waals surface area contributed by atoms with Crippen molar-refractivity contribution in [2.24, 2.45) is 5.73 Å². The Bertz CT molecular complexity index is 538. The van der Waals surface area contributed by atoms with Crippen LogP contribution in [0.25, 0.3) is 0 Å². The number of aromatic nitrogens is 1. The molecule has 0 saturated heterocycles. The Morgan fingerprint density at radius 2 is 1.88 bits per heavy atom. The number of pyridine rings is 1. The predicted molar refractivity (Wildman–Crippen MR) is 66.5 cm³/mol. The summed E-state index contributed by atoms with van der Waals surface area (Å²) in [6.07, 6.45) is 0. The fraction of sp³-hybridized carbons (Fsp3) is 0.0769. The highest BCUT2D eigenvalue weighted by Crippen LogP contribution is 2.22. The van der Waals surface area contributed by atoms with Crippen LogP contribution in [0.15, 0.2) is 42.5 Å². The summed E-state index contributed by atoms with van der Waals surface area (Å²) in [5.74, 6) is 0.986. The van der Waals surface area contributed by atoms with Crippen molar-refractivity contribution in [2.45, 2.75) is 6.92 Å². The molecule has 1 aromatic heterocycles. The molecule has 0 aliphatic heterocycles. The molecule has 0 fully saturated rings. The van der Waals surface area contributed by atoms with E-state index in [1.807, 2.05) is 37.3 Å². The number of nitrogens with zero attached hydrogens (tertiary/aromatic N) is 1. The zero-order valence-electron chi connectivity index (χ0n) is 9.47. The second-order valence-corrected chi connectivity index (χ2v) is 3.63. The van der Waals surface area contributed by atoms with Crippen LogP contribution in [0.3, 0.4) is 0 Å². The Labute approximate surface area is 99.6 Å². The molecule has 0 atom stereocenters. The third-order valence-corrected chi connectivity index (χ3v) is 2.25. The summed E-state index contributed by atoms with van der Waals surface area (Å²) in [6.45, 7) is 1.86. The monoisotopic (exact) mass is 227 g/mol. The number of aryl methyl sites for hydroxylation is 1. The maximum atomic E-state index is 7.47. The molecule has 86 valence electrons. The second-order valence-electron chi connectivity index (χ2n) is 3.63. The van der Waals surface area contributed by atoms with Gasteiger partial charge < -0.3 is 10.5 Å². The lowest BCUT2D eigenvalue weighted by Crippen LogP contribution is -2.13. The van der Waals surface area contributed by atoms with Crippen molar-refractivity contribution < 1.29 is 4.74 Å². The summed E-state index contributed by atoms with van der Waals surface area (Å²) in [5, 5.41) is 7.47. The molecule has 0 spiro atoms. The highest BCUT2D eigenvalue weighted by molar-refractivity contribution is 5.97. The first-order valence-electron chi connectivity index (χ1n) is 5.22. The predicted octanol–water partition coefficient (Wildman–Crippen LogP) is 2.47. The molecule has 1 heterocycles. The molecule has 1 aromatic carbocycles. The number of amidine groups is 1. The van der Waals surface area contributed by atoms with Crippen molar-refractivity contribution in [1.29, 1.82) is 5.41 Å². The van der Waals surface area contributed by atoms with Crippen LogP contribution in [0, 0.1) is 12.3 Å². The number of nitrogens with two attached hydrogens (primary N) is 1. The lowest BCUT2D eigenvalue weighted by atomic mass is 10.2. The number of ether oxygens (including phenoxy) is 1. The number of para-hydroxylation sites is 1. The van der Waals surface area contributed by atoms with Gasteiger partial charge in [-0.15, -0.1) is 0 Å². The smallest absolute Gasteiger partial charge is 0.230 e. The molecule has 0 aliphatic rings. The van der Waals surface area contributed by atoms with E-state index >= 15 is 0 Å². The quantitative estimate of drug-likeness (QED) is 0.625. The summed E-state index contributed by atoms with van der Waals surface area (Å²) in [5.41, 5.74) is 6.80. The van der Waals surface area contributed by atoms with Crippen molar-refractivity contribution in [1.82, 2.24) is 4.98 Å². The summed E-state index contributed by atoms with van der Waals surface area (Å²) >= 11 is 0. The van der Waals surface area contributed by atoms with E-state index in [2.05, 4.69) is 4.98 Å². The van der Waals surface area contributed by atoms with Crippen LogP contribution in [-0.2, 0) is 0 Å². The maximum Gasteiger partial charge on any atom is 0.230 e.